The Morgan fingerprint density at radius 2 is 1.41 bits per heavy atom. The summed E-state index contributed by atoms with van der Waals surface area (Å²) in [5.74, 6) is 2.01. The zero-order valence-electron chi connectivity index (χ0n) is 20.5. The monoisotopic (exact) mass is 456 g/mol. The van der Waals surface area contributed by atoms with E-state index in [9.17, 15) is 0 Å². The van der Waals surface area contributed by atoms with Gasteiger partial charge in [0, 0.05) is 0 Å². The van der Waals surface area contributed by atoms with Crippen LogP contribution in [-0.2, 0) is 6.54 Å². The molecule has 0 radical (unpaired) electrons. The molecule has 0 unspecified atom stereocenters. The van der Waals surface area contributed by atoms with Crippen LogP contribution in [0.1, 0.15) is 57.7 Å². The first-order chi connectivity index (χ1) is 16.8. The van der Waals surface area contributed by atoms with Gasteiger partial charge in [-0.1, -0.05) is 69.3 Å². The zero-order valence-corrected chi connectivity index (χ0v) is 20.5. The Bertz CT molecular complexity index is 1130. The number of aromatic nitrogens is 4. The quantitative estimate of drug-likeness (QED) is 0.242. The number of imidazole rings is 2. The maximum absolute atomic E-state index is 4.59. The first kappa shape index (κ1) is 23.9. The molecule has 2 aromatic carbocycles. The topological polar surface area (TPSA) is 81.4 Å². The highest BCUT2D eigenvalue weighted by Crippen LogP contribution is 2.28. The lowest BCUT2D eigenvalue weighted by Gasteiger charge is -2.06. The third kappa shape index (κ3) is 5.64. The van der Waals surface area contributed by atoms with Gasteiger partial charge in [0.1, 0.15) is 11.6 Å². The molecule has 4 N–H and O–H groups in total. The van der Waals surface area contributed by atoms with E-state index >= 15 is 0 Å². The normalized spacial score (nSPS) is 15.2. The lowest BCUT2D eigenvalue weighted by Crippen LogP contribution is -2.14. The highest BCUT2D eigenvalue weighted by Gasteiger charge is 2.19. The average molecular weight is 457 g/mol. The van der Waals surface area contributed by atoms with Crippen molar-refractivity contribution >= 4 is 0 Å². The Balaban J connectivity index is 0.00000133. The third-order valence-corrected chi connectivity index (χ3v) is 6.06. The lowest BCUT2D eigenvalue weighted by molar-refractivity contribution is 0.613. The summed E-state index contributed by atoms with van der Waals surface area (Å²) in [6.45, 7) is 9.01. The summed E-state index contributed by atoms with van der Waals surface area (Å²) in [5.41, 5.74) is 6.82. The molecule has 1 aliphatic heterocycles. The molecule has 34 heavy (non-hydrogen) atoms. The second-order valence-corrected chi connectivity index (χ2v) is 8.41. The SMILES string of the molecule is CC.CCCNCc1ncc(-c2ccc(-c3ccc(-c4cnc([C@@H]5CCCN5)[nH]4)cc3)cc2)[nH]1. The van der Waals surface area contributed by atoms with Crippen LogP contribution >= 0.6 is 0 Å². The Hall–Kier alpha value is -3.22. The molecule has 178 valence electrons. The number of rotatable bonds is 8. The summed E-state index contributed by atoms with van der Waals surface area (Å²) < 4.78 is 0. The number of nitrogens with one attached hydrogen (secondary N) is 4. The van der Waals surface area contributed by atoms with Crippen molar-refractivity contribution < 1.29 is 0 Å². The van der Waals surface area contributed by atoms with Crippen molar-refractivity contribution in [2.75, 3.05) is 13.1 Å². The number of aromatic amines is 2. The second-order valence-electron chi connectivity index (χ2n) is 8.41. The predicted molar refractivity (Wildman–Crippen MR) is 140 cm³/mol. The van der Waals surface area contributed by atoms with E-state index in [1.807, 2.05) is 26.2 Å². The third-order valence-electron chi connectivity index (χ3n) is 6.06. The molecule has 3 heterocycles. The zero-order chi connectivity index (χ0) is 23.8. The first-order valence-corrected chi connectivity index (χ1v) is 12.5. The summed E-state index contributed by atoms with van der Waals surface area (Å²) >= 11 is 0. The fourth-order valence-electron chi connectivity index (χ4n) is 4.25. The lowest BCUT2D eigenvalue weighted by atomic mass is 10.0. The van der Waals surface area contributed by atoms with Gasteiger partial charge < -0.3 is 20.6 Å². The summed E-state index contributed by atoms with van der Waals surface area (Å²) in [6, 6.07) is 17.7. The van der Waals surface area contributed by atoms with E-state index in [1.165, 1.54) is 17.5 Å². The van der Waals surface area contributed by atoms with Gasteiger partial charge in [-0.15, -0.1) is 0 Å². The molecule has 4 aromatic rings. The average Bonchev–Trinajstić information content (AvgIpc) is 3.68. The van der Waals surface area contributed by atoms with E-state index in [0.29, 0.717) is 6.04 Å². The minimum atomic E-state index is 0.361. The van der Waals surface area contributed by atoms with Crippen LogP contribution in [0.4, 0.5) is 0 Å². The maximum atomic E-state index is 4.59. The van der Waals surface area contributed by atoms with Crippen molar-refractivity contribution in [3.05, 3.63) is 72.6 Å². The van der Waals surface area contributed by atoms with Gasteiger partial charge in [0.05, 0.1) is 36.4 Å². The molecule has 6 nitrogen and oxygen atoms in total. The molecular formula is C28H36N6. The van der Waals surface area contributed by atoms with Crippen LogP contribution in [0.3, 0.4) is 0 Å². The van der Waals surface area contributed by atoms with Crippen LogP contribution in [0, 0.1) is 0 Å². The number of hydrogen-bond acceptors (Lipinski definition) is 4. The van der Waals surface area contributed by atoms with Crippen LogP contribution in [-0.4, -0.2) is 33.0 Å². The van der Waals surface area contributed by atoms with Crippen LogP contribution in [0.5, 0.6) is 0 Å². The highest BCUT2D eigenvalue weighted by atomic mass is 15.0. The molecule has 0 bridgehead atoms. The van der Waals surface area contributed by atoms with Gasteiger partial charge in [0.2, 0.25) is 0 Å². The predicted octanol–water partition coefficient (Wildman–Crippen LogP) is 6.08. The van der Waals surface area contributed by atoms with Gasteiger partial charge in [0.15, 0.2) is 0 Å². The minimum Gasteiger partial charge on any atom is -0.341 e. The van der Waals surface area contributed by atoms with Gasteiger partial charge in [-0.3, -0.25) is 0 Å². The van der Waals surface area contributed by atoms with Gasteiger partial charge in [0.25, 0.3) is 0 Å². The molecule has 0 spiro atoms. The fourth-order valence-corrected chi connectivity index (χ4v) is 4.25. The molecule has 1 saturated heterocycles. The molecule has 2 aromatic heterocycles. The minimum absolute atomic E-state index is 0.361. The van der Waals surface area contributed by atoms with Crippen molar-refractivity contribution in [3.63, 3.8) is 0 Å². The van der Waals surface area contributed by atoms with Gasteiger partial charge >= 0.3 is 0 Å². The Kier molecular flexibility index (Phi) is 8.28. The number of H-pyrrole nitrogens is 2. The van der Waals surface area contributed by atoms with Gasteiger partial charge in [-0.2, -0.15) is 0 Å². The Morgan fingerprint density at radius 3 is 2.00 bits per heavy atom. The van der Waals surface area contributed by atoms with Crippen molar-refractivity contribution in [2.24, 2.45) is 0 Å². The largest absolute Gasteiger partial charge is 0.341 e. The van der Waals surface area contributed by atoms with E-state index < -0.39 is 0 Å². The summed E-state index contributed by atoms with van der Waals surface area (Å²) in [4.78, 5) is 16.0. The van der Waals surface area contributed by atoms with E-state index in [0.717, 1.165) is 66.6 Å². The Morgan fingerprint density at radius 1 is 0.824 bits per heavy atom. The van der Waals surface area contributed by atoms with Crippen LogP contribution < -0.4 is 10.6 Å². The molecule has 0 saturated carbocycles. The van der Waals surface area contributed by atoms with Crippen LogP contribution in [0.25, 0.3) is 33.6 Å². The second kappa shape index (κ2) is 11.8. The smallest absolute Gasteiger partial charge is 0.123 e. The van der Waals surface area contributed by atoms with E-state index in [1.54, 1.807) is 0 Å². The summed E-state index contributed by atoms with van der Waals surface area (Å²) in [7, 11) is 0. The van der Waals surface area contributed by atoms with Crippen molar-refractivity contribution in [1.29, 1.82) is 0 Å². The molecule has 5 rings (SSSR count). The van der Waals surface area contributed by atoms with Crippen molar-refractivity contribution in [1.82, 2.24) is 30.6 Å². The number of benzene rings is 2. The number of hydrogen-bond donors (Lipinski definition) is 4. The van der Waals surface area contributed by atoms with Crippen molar-refractivity contribution in [3.8, 4) is 33.6 Å². The molecule has 1 aliphatic rings. The highest BCUT2D eigenvalue weighted by molar-refractivity contribution is 5.71. The molecule has 1 atom stereocenters. The van der Waals surface area contributed by atoms with E-state index in [4.69, 9.17) is 0 Å². The molecule has 1 fully saturated rings. The van der Waals surface area contributed by atoms with Gasteiger partial charge in [-0.25, -0.2) is 9.97 Å². The fraction of sp³-hybridized carbons (Fsp3) is 0.357. The molecular weight excluding hydrogens is 420 g/mol. The summed E-state index contributed by atoms with van der Waals surface area (Å²) in [6.07, 6.45) is 7.34. The van der Waals surface area contributed by atoms with E-state index in [-0.39, 0.29) is 0 Å². The number of nitrogens with zero attached hydrogens (tertiary/aromatic N) is 2. The van der Waals surface area contributed by atoms with Crippen molar-refractivity contribution in [2.45, 2.75) is 52.6 Å². The van der Waals surface area contributed by atoms with Crippen LogP contribution in [0.2, 0.25) is 0 Å². The van der Waals surface area contributed by atoms with Crippen LogP contribution in [0.15, 0.2) is 60.9 Å². The van der Waals surface area contributed by atoms with E-state index in [2.05, 4.69) is 86.0 Å². The molecule has 0 aliphatic carbocycles. The Labute approximate surface area is 202 Å². The van der Waals surface area contributed by atoms with Gasteiger partial charge in [-0.05, 0) is 54.6 Å². The first-order valence-electron chi connectivity index (χ1n) is 12.5. The maximum Gasteiger partial charge on any atom is 0.123 e. The molecule has 6 heteroatoms. The standard InChI is InChI=1S/C26H30N6.C2H6/c1-2-13-27-17-25-29-15-23(31-25)20-9-5-18(6-10-20)19-7-11-21(12-8-19)24-16-30-26(32-24)22-4-3-14-28-22;1-2/h5-12,15-16,22,27-28H,2-4,13-14,17H2,1H3,(H,29,31)(H,30,32);1-2H3/t22-;/m0./s1. The molecule has 0 amide bonds. The summed E-state index contributed by atoms with van der Waals surface area (Å²) in [5, 5.41) is 6.87.